The van der Waals surface area contributed by atoms with Gasteiger partial charge in [-0.1, -0.05) is 18.9 Å². The summed E-state index contributed by atoms with van der Waals surface area (Å²) in [4.78, 5) is 25.1. The molecule has 0 saturated heterocycles. The van der Waals surface area contributed by atoms with E-state index in [1.54, 1.807) is 10.6 Å². The third-order valence-corrected chi connectivity index (χ3v) is 4.90. The Labute approximate surface area is 150 Å². The summed E-state index contributed by atoms with van der Waals surface area (Å²) in [5, 5.41) is 2.50. The molecular weight excluding hydrogens is 338 g/mol. The maximum absolute atomic E-state index is 13.6. The van der Waals surface area contributed by atoms with Crippen LogP contribution < -0.4 is 10.9 Å². The lowest BCUT2D eigenvalue weighted by Crippen LogP contribution is -2.34. The predicted molar refractivity (Wildman–Crippen MR) is 95.4 cm³/mol. The normalized spacial score (nSPS) is 14.3. The van der Waals surface area contributed by atoms with E-state index in [4.69, 9.17) is 0 Å². The SMILES string of the molecule is CNC(=O)c1cc2c(n(Cc3ccc(F)c(F)c3)c1=O)CCCCCC2. The van der Waals surface area contributed by atoms with Crippen LogP contribution in [0.4, 0.5) is 8.78 Å². The molecule has 6 heteroatoms. The van der Waals surface area contributed by atoms with Crippen LogP contribution in [0, 0.1) is 11.6 Å². The van der Waals surface area contributed by atoms with E-state index >= 15 is 0 Å². The summed E-state index contributed by atoms with van der Waals surface area (Å²) in [6, 6.07) is 5.32. The second kappa shape index (κ2) is 7.81. The second-order valence-corrected chi connectivity index (χ2v) is 6.66. The predicted octanol–water partition coefficient (Wildman–Crippen LogP) is 3.19. The first kappa shape index (κ1) is 18.3. The number of halogens is 2. The molecule has 0 atom stereocenters. The number of amides is 1. The number of aromatic nitrogens is 1. The van der Waals surface area contributed by atoms with Crippen molar-refractivity contribution in [2.45, 2.75) is 45.1 Å². The van der Waals surface area contributed by atoms with Gasteiger partial charge >= 0.3 is 0 Å². The lowest BCUT2D eigenvalue weighted by atomic mass is 9.95. The van der Waals surface area contributed by atoms with E-state index in [9.17, 15) is 18.4 Å². The molecule has 0 unspecified atom stereocenters. The number of carbonyl (C=O) groups excluding carboxylic acids is 1. The summed E-state index contributed by atoms with van der Waals surface area (Å²) in [5.41, 5.74) is 2.07. The van der Waals surface area contributed by atoms with Crippen molar-refractivity contribution in [2.75, 3.05) is 7.05 Å². The molecule has 2 aromatic rings. The zero-order valence-corrected chi connectivity index (χ0v) is 14.8. The molecule has 1 aliphatic carbocycles. The van der Waals surface area contributed by atoms with Crippen LogP contribution in [-0.4, -0.2) is 17.5 Å². The number of pyridine rings is 1. The third kappa shape index (κ3) is 3.69. The Bertz CT molecular complexity index is 890. The molecule has 1 aliphatic rings. The smallest absolute Gasteiger partial charge is 0.263 e. The largest absolute Gasteiger partial charge is 0.355 e. The molecule has 1 amide bonds. The fraction of sp³-hybridized carbons (Fsp3) is 0.400. The van der Waals surface area contributed by atoms with Crippen LogP contribution in [0.15, 0.2) is 29.1 Å². The van der Waals surface area contributed by atoms with Crippen molar-refractivity contribution in [3.05, 3.63) is 68.6 Å². The Hall–Kier alpha value is -2.50. The van der Waals surface area contributed by atoms with Gasteiger partial charge in [-0.15, -0.1) is 0 Å². The summed E-state index contributed by atoms with van der Waals surface area (Å²) in [6.07, 6.45) is 5.72. The van der Waals surface area contributed by atoms with Crippen LogP contribution in [0.3, 0.4) is 0 Å². The lowest BCUT2D eigenvalue weighted by molar-refractivity contribution is 0.0960. The number of rotatable bonds is 3. The average Bonchev–Trinajstić information content (AvgIpc) is 2.61. The zero-order valence-electron chi connectivity index (χ0n) is 14.8. The van der Waals surface area contributed by atoms with Gasteiger partial charge in [0.1, 0.15) is 5.56 Å². The van der Waals surface area contributed by atoms with Gasteiger partial charge in [0, 0.05) is 12.7 Å². The minimum Gasteiger partial charge on any atom is -0.355 e. The molecule has 0 radical (unpaired) electrons. The standard InChI is InChI=1S/C20H22F2N2O2/c1-23-19(25)15-11-14-6-4-2-3-5-7-18(14)24(20(15)26)12-13-8-9-16(21)17(22)10-13/h8-11H,2-7,12H2,1H3,(H,23,25). The number of carbonyl (C=O) groups is 1. The van der Waals surface area contributed by atoms with E-state index in [0.29, 0.717) is 5.56 Å². The molecule has 0 fully saturated rings. The summed E-state index contributed by atoms with van der Waals surface area (Å²) in [7, 11) is 1.48. The Morgan fingerprint density at radius 2 is 1.81 bits per heavy atom. The van der Waals surface area contributed by atoms with E-state index < -0.39 is 23.1 Å². The first-order valence-electron chi connectivity index (χ1n) is 8.93. The minimum absolute atomic E-state index is 0.0920. The van der Waals surface area contributed by atoms with Gasteiger partial charge < -0.3 is 9.88 Å². The molecular formula is C20H22F2N2O2. The summed E-state index contributed by atoms with van der Waals surface area (Å²) >= 11 is 0. The second-order valence-electron chi connectivity index (χ2n) is 6.66. The van der Waals surface area contributed by atoms with Gasteiger partial charge in [0.25, 0.3) is 11.5 Å². The number of hydrogen-bond acceptors (Lipinski definition) is 2. The number of fused-ring (bicyclic) bond motifs is 1. The number of nitrogens with zero attached hydrogens (tertiary/aromatic N) is 1. The quantitative estimate of drug-likeness (QED) is 0.914. The summed E-state index contributed by atoms with van der Waals surface area (Å²) in [6.45, 7) is 0.114. The highest BCUT2D eigenvalue weighted by molar-refractivity contribution is 5.93. The molecule has 0 saturated carbocycles. The molecule has 0 spiro atoms. The average molecular weight is 360 g/mol. The van der Waals surface area contributed by atoms with Crippen molar-refractivity contribution in [3.8, 4) is 0 Å². The Morgan fingerprint density at radius 1 is 1.08 bits per heavy atom. The van der Waals surface area contributed by atoms with Crippen LogP contribution in [0.5, 0.6) is 0 Å². The maximum Gasteiger partial charge on any atom is 0.263 e. The highest BCUT2D eigenvalue weighted by atomic mass is 19.2. The summed E-state index contributed by atoms with van der Waals surface area (Å²) in [5.74, 6) is -2.30. The zero-order chi connectivity index (χ0) is 18.7. The van der Waals surface area contributed by atoms with Crippen molar-refractivity contribution < 1.29 is 13.6 Å². The van der Waals surface area contributed by atoms with Crippen LogP contribution in [-0.2, 0) is 19.4 Å². The van der Waals surface area contributed by atoms with Gasteiger partial charge in [0.05, 0.1) is 6.54 Å². The van der Waals surface area contributed by atoms with Crippen molar-refractivity contribution >= 4 is 5.91 Å². The fourth-order valence-corrected chi connectivity index (χ4v) is 3.52. The topological polar surface area (TPSA) is 51.1 Å². The van der Waals surface area contributed by atoms with Crippen LogP contribution in [0.2, 0.25) is 0 Å². The van der Waals surface area contributed by atoms with E-state index in [-0.39, 0.29) is 12.1 Å². The third-order valence-electron chi connectivity index (χ3n) is 4.90. The molecule has 1 aromatic carbocycles. The molecule has 138 valence electrons. The Morgan fingerprint density at radius 3 is 2.50 bits per heavy atom. The van der Waals surface area contributed by atoms with E-state index in [0.717, 1.165) is 61.9 Å². The fourth-order valence-electron chi connectivity index (χ4n) is 3.52. The van der Waals surface area contributed by atoms with Gasteiger partial charge in [0.2, 0.25) is 0 Å². The monoisotopic (exact) mass is 360 g/mol. The molecule has 1 N–H and O–H groups in total. The van der Waals surface area contributed by atoms with Crippen LogP contribution >= 0.6 is 0 Å². The minimum atomic E-state index is -0.944. The number of benzene rings is 1. The molecule has 1 aromatic heterocycles. The van der Waals surface area contributed by atoms with Gasteiger partial charge in [-0.25, -0.2) is 8.78 Å². The van der Waals surface area contributed by atoms with Gasteiger partial charge in [0.15, 0.2) is 11.6 Å². The highest BCUT2D eigenvalue weighted by Gasteiger charge is 2.20. The van der Waals surface area contributed by atoms with Crippen LogP contribution in [0.25, 0.3) is 0 Å². The van der Waals surface area contributed by atoms with Crippen molar-refractivity contribution in [3.63, 3.8) is 0 Å². The first-order valence-corrected chi connectivity index (χ1v) is 8.93. The molecule has 0 bridgehead atoms. The number of aryl methyl sites for hydroxylation is 1. The van der Waals surface area contributed by atoms with Crippen molar-refractivity contribution in [1.82, 2.24) is 9.88 Å². The first-order chi connectivity index (χ1) is 12.5. The molecule has 1 heterocycles. The molecule has 3 rings (SSSR count). The maximum atomic E-state index is 13.6. The number of hydrogen-bond donors (Lipinski definition) is 1. The van der Waals surface area contributed by atoms with E-state index in [1.165, 1.54) is 13.1 Å². The van der Waals surface area contributed by atoms with Gasteiger partial charge in [-0.2, -0.15) is 0 Å². The molecule has 26 heavy (non-hydrogen) atoms. The Balaban J connectivity index is 2.13. The highest BCUT2D eigenvalue weighted by Crippen LogP contribution is 2.21. The number of nitrogens with one attached hydrogen (secondary N) is 1. The Kier molecular flexibility index (Phi) is 5.49. The van der Waals surface area contributed by atoms with Gasteiger partial charge in [-0.05, 0) is 55.0 Å². The van der Waals surface area contributed by atoms with Gasteiger partial charge in [-0.3, -0.25) is 9.59 Å². The lowest BCUT2D eigenvalue weighted by Gasteiger charge is -2.21. The molecule has 4 nitrogen and oxygen atoms in total. The van der Waals surface area contributed by atoms with Crippen molar-refractivity contribution in [1.29, 1.82) is 0 Å². The summed E-state index contributed by atoms with van der Waals surface area (Å²) < 4.78 is 28.3. The van der Waals surface area contributed by atoms with E-state index in [1.807, 2.05) is 0 Å². The van der Waals surface area contributed by atoms with Crippen molar-refractivity contribution in [2.24, 2.45) is 0 Å². The molecule has 0 aliphatic heterocycles. The van der Waals surface area contributed by atoms with E-state index in [2.05, 4.69) is 5.32 Å². The van der Waals surface area contributed by atoms with Crippen LogP contribution in [0.1, 0.15) is 52.9 Å².